The van der Waals surface area contributed by atoms with Gasteiger partial charge in [0.1, 0.15) is 0 Å². The number of likely N-dealkylation sites (tertiary alicyclic amines) is 1. The van der Waals surface area contributed by atoms with Gasteiger partial charge in [-0.25, -0.2) is 0 Å². The molecular formula is C12H23NO2. The normalized spacial score (nSPS) is 18.5. The number of hydrogen-bond donors (Lipinski definition) is 1. The van der Waals surface area contributed by atoms with Crippen molar-refractivity contribution < 1.29 is 9.90 Å². The molecule has 0 saturated carbocycles. The number of carbonyl (C=O) groups excluding carboxylic acids is 1. The average molecular weight is 213 g/mol. The summed E-state index contributed by atoms with van der Waals surface area (Å²) >= 11 is 0. The summed E-state index contributed by atoms with van der Waals surface area (Å²) in [6.07, 6.45) is 4.14. The topological polar surface area (TPSA) is 40.5 Å². The third-order valence-electron chi connectivity index (χ3n) is 3.44. The molecule has 0 atom stereocenters. The summed E-state index contributed by atoms with van der Waals surface area (Å²) in [5, 5.41) is 9.34. The van der Waals surface area contributed by atoms with Crippen molar-refractivity contribution in [2.75, 3.05) is 13.1 Å². The van der Waals surface area contributed by atoms with Gasteiger partial charge in [-0.1, -0.05) is 26.7 Å². The first-order valence-corrected chi connectivity index (χ1v) is 6.13. The Hall–Kier alpha value is -0.570. The van der Waals surface area contributed by atoms with Crippen LogP contribution in [0.3, 0.4) is 0 Å². The zero-order chi connectivity index (χ0) is 11.3. The van der Waals surface area contributed by atoms with Crippen molar-refractivity contribution in [3.05, 3.63) is 0 Å². The highest BCUT2D eigenvalue weighted by molar-refractivity contribution is 5.76. The van der Waals surface area contributed by atoms with E-state index in [1.54, 1.807) is 0 Å². The van der Waals surface area contributed by atoms with Crippen LogP contribution >= 0.6 is 0 Å². The first-order chi connectivity index (χ1) is 7.17. The molecule has 0 aromatic carbocycles. The third kappa shape index (κ3) is 3.82. The summed E-state index contributed by atoms with van der Waals surface area (Å²) in [4.78, 5) is 13.8. The van der Waals surface area contributed by atoms with Crippen molar-refractivity contribution in [1.29, 1.82) is 0 Å². The van der Waals surface area contributed by atoms with Crippen molar-refractivity contribution in [2.24, 2.45) is 5.92 Å². The lowest BCUT2D eigenvalue weighted by Gasteiger charge is -2.30. The summed E-state index contributed by atoms with van der Waals surface area (Å²) < 4.78 is 0. The number of aliphatic hydroxyl groups is 1. The van der Waals surface area contributed by atoms with Crippen molar-refractivity contribution in [2.45, 2.75) is 52.1 Å². The zero-order valence-corrected chi connectivity index (χ0v) is 9.91. The van der Waals surface area contributed by atoms with E-state index in [4.69, 9.17) is 0 Å². The van der Waals surface area contributed by atoms with E-state index >= 15 is 0 Å². The fraction of sp³-hybridized carbons (Fsp3) is 0.917. The maximum absolute atomic E-state index is 11.9. The largest absolute Gasteiger partial charge is 0.393 e. The van der Waals surface area contributed by atoms with Gasteiger partial charge in [-0.15, -0.1) is 0 Å². The van der Waals surface area contributed by atoms with Crippen LogP contribution in [0.15, 0.2) is 0 Å². The van der Waals surface area contributed by atoms with Gasteiger partial charge >= 0.3 is 0 Å². The number of piperidine rings is 1. The minimum Gasteiger partial charge on any atom is -0.393 e. The Morgan fingerprint density at radius 2 is 1.87 bits per heavy atom. The van der Waals surface area contributed by atoms with E-state index in [-0.39, 0.29) is 12.0 Å². The highest BCUT2D eigenvalue weighted by Crippen LogP contribution is 2.17. The van der Waals surface area contributed by atoms with E-state index in [0.717, 1.165) is 38.8 Å². The molecule has 3 heteroatoms. The van der Waals surface area contributed by atoms with Gasteiger partial charge < -0.3 is 10.0 Å². The van der Waals surface area contributed by atoms with E-state index < -0.39 is 0 Å². The molecule has 1 N–H and O–H groups in total. The van der Waals surface area contributed by atoms with Crippen LogP contribution in [-0.4, -0.2) is 35.1 Å². The first-order valence-electron chi connectivity index (χ1n) is 6.13. The van der Waals surface area contributed by atoms with Crippen molar-refractivity contribution in [3.63, 3.8) is 0 Å². The Labute approximate surface area is 92.5 Å². The quantitative estimate of drug-likeness (QED) is 0.773. The van der Waals surface area contributed by atoms with Crippen LogP contribution < -0.4 is 0 Å². The van der Waals surface area contributed by atoms with Crippen LogP contribution in [-0.2, 0) is 4.79 Å². The molecule has 1 heterocycles. The van der Waals surface area contributed by atoms with Gasteiger partial charge in [0.25, 0.3) is 0 Å². The second-order valence-electron chi connectivity index (χ2n) is 4.50. The van der Waals surface area contributed by atoms with Crippen molar-refractivity contribution in [3.8, 4) is 0 Å². The Morgan fingerprint density at radius 1 is 1.33 bits per heavy atom. The molecule has 0 aromatic heterocycles. The lowest BCUT2D eigenvalue weighted by molar-refractivity contribution is -0.134. The molecule has 0 aromatic rings. The van der Waals surface area contributed by atoms with Crippen LogP contribution in [0.5, 0.6) is 0 Å². The maximum atomic E-state index is 11.9. The number of aliphatic hydroxyl groups excluding tert-OH is 1. The van der Waals surface area contributed by atoms with Crippen molar-refractivity contribution >= 4 is 5.91 Å². The Balaban J connectivity index is 2.33. The minimum absolute atomic E-state index is 0.192. The molecule has 0 aliphatic carbocycles. The lowest BCUT2D eigenvalue weighted by atomic mass is 9.98. The molecule has 0 bridgehead atoms. The van der Waals surface area contributed by atoms with E-state index in [9.17, 15) is 9.90 Å². The van der Waals surface area contributed by atoms with Crippen LogP contribution in [0.4, 0.5) is 0 Å². The summed E-state index contributed by atoms with van der Waals surface area (Å²) in [6.45, 7) is 5.75. The predicted octanol–water partition coefficient (Wildman–Crippen LogP) is 1.80. The predicted molar refractivity (Wildman–Crippen MR) is 60.5 cm³/mol. The van der Waals surface area contributed by atoms with Gasteiger partial charge in [-0.3, -0.25) is 4.79 Å². The van der Waals surface area contributed by atoms with Gasteiger partial charge in [-0.05, 0) is 18.8 Å². The summed E-state index contributed by atoms with van der Waals surface area (Å²) in [5.41, 5.74) is 0. The van der Waals surface area contributed by atoms with Crippen LogP contribution in [0.1, 0.15) is 46.0 Å². The number of hydrogen-bond acceptors (Lipinski definition) is 2. The van der Waals surface area contributed by atoms with Gasteiger partial charge in [0.15, 0.2) is 0 Å². The molecule has 1 aliphatic rings. The molecule has 1 rings (SSSR count). The molecule has 0 spiro atoms. The Kier molecular flexibility index (Phi) is 5.09. The fourth-order valence-corrected chi connectivity index (χ4v) is 2.07. The molecule has 1 saturated heterocycles. The maximum Gasteiger partial charge on any atom is 0.222 e. The van der Waals surface area contributed by atoms with Crippen molar-refractivity contribution in [1.82, 2.24) is 4.90 Å². The number of amides is 1. The lowest BCUT2D eigenvalue weighted by Crippen LogP contribution is -2.40. The first kappa shape index (κ1) is 12.5. The highest BCUT2D eigenvalue weighted by Gasteiger charge is 2.22. The standard InChI is InChI=1S/C12H23NO2/c1-3-10(4-2)9-12(15)13-7-5-11(14)6-8-13/h10-11,14H,3-9H2,1-2H3. The van der Waals surface area contributed by atoms with Crippen LogP contribution in [0, 0.1) is 5.92 Å². The SMILES string of the molecule is CCC(CC)CC(=O)N1CCC(O)CC1. The summed E-state index contributed by atoms with van der Waals surface area (Å²) in [5.74, 6) is 0.806. The molecule has 0 unspecified atom stereocenters. The summed E-state index contributed by atoms with van der Waals surface area (Å²) in [7, 11) is 0. The second-order valence-corrected chi connectivity index (χ2v) is 4.50. The van der Waals surface area contributed by atoms with E-state index in [1.165, 1.54) is 0 Å². The Morgan fingerprint density at radius 3 is 2.33 bits per heavy atom. The molecular weight excluding hydrogens is 190 g/mol. The molecule has 0 radical (unpaired) electrons. The minimum atomic E-state index is -0.192. The van der Waals surface area contributed by atoms with Gasteiger partial charge in [0.2, 0.25) is 5.91 Å². The van der Waals surface area contributed by atoms with E-state index in [0.29, 0.717) is 12.3 Å². The Bertz CT molecular complexity index is 194. The molecule has 1 amide bonds. The van der Waals surface area contributed by atoms with Gasteiger partial charge in [0, 0.05) is 19.5 Å². The fourth-order valence-electron chi connectivity index (χ4n) is 2.07. The van der Waals surface area contributed by atoms with Crippen LogP contribution in [0.25, 0.3) is 0 Å². The number of carbonyl (C=O) groups is 1. The highest BCUT2D eigenvalue weighted by atomic mass is 16.3. The van der Waals surface area contributed by atoms with E-state index in [1.807, 2.05) is 4.90 Å². The molecule has 88 valence electrons. The number of rotatable bonds is 4. The zero-order valence-electron chi connectivity index (χ0n) is 9.91. The molecule has 3 nitrogen and oxygen atoms in total. The summed E-state index contributed by atoms with van der Waals surface area (Å²) in [6, 6.07) is 0. The molecule has 1 aliphatic heterocycles. The monoisotopic (exact) mass is 213 g/mol. The van der Waals surface area contributed by atoms with Crippen LogP contribution in [0.2, 0.25) is 0 Å². The second kappa shape index (κ2) is 6.11. The molecule has 1 fully saturated rings. The average Bonchev–Trinajstić information content (AvgIpc) is 2.26. The third-order valence-corrected chi connectivity index (χ3v) is 3.44. The number of nitrogens with zero attached hydrogens (tertiary/aromatic N) is 1. The smallest absolute Gasteiger partial charge is 0.222 e. The van der Waals surface area contributed by atoms with Gasteiger partial charge in [0.05, 0.1) is 6.10 Å². The van der Waals surface area contributed by atoms with E-state index in [2.05, 4.69) is 13.8 Å². The van der Waals surface area contributed by atoms with Gasteiger partial charge in [-0.2, -0.15) is 0 Å². The molecule has 15 heavy (non-hydrogen) atoms.